The molecule has 1 atom stereocenters. The molecule has 0 bridgehead atoms. The second-order valence-corrected chi connectivity index (χ2v) is 6.44. The van der Waals surface area contributed by atoms with E-state index in [1.807, 2.05) is 5.38 Å². The Labute approximate surface area is 132 Å². The van der Waals surface area contributed by atoms with Crippen molar-refractivity contribution in [1.82, 2.24) is 19.9 Å². The van der Waals surface area contributed by atoms with Gasteiger partial charge < -0.3 is 10.1 Å². The van der Waals surface area contributed by atoms with Gasteiger partial charge in [0.2, 0.25) is 0 Å². The van der Waals surface area contributed by atoms with Gasteiger partial charge in [-0.15, -0.1) is 23.1 Å². The fourth-order valence-corrected chi connectivity index (χ4v) is 4.00. The van der Waals surface area contributed by atoms with Gasteiger partial charge in [-0.3, -0.25) is 9.69 Å². The number of H-pyrrole nitrogens is 1. The van der Waals surface area contributed by atoms with Crippen molar-refractivity contribution in [2.24, 2.45) is 0 Å². The highest BCUT2D eigenvalue weighted by Gasteiger charge is 2.49. The fourth-order valence-electron chi connectivity index (χ4n) is 2.29. The van der Waals surface area contributed by atoms with Gasteiger partial charge in [0.25, 0.3) is 5.91 Å². The molecule has 7 nitrogen and oxygen atoms in total. The molecule has 0 aromatic carbocycles. The number of carbonyl (C=O) groups excluding carboxylic acids is 1. The largest absolute Gasteiger partial charge is 0.477 e. The molecule has 4 rings (SSSR count). The fraction of sp³-hybridized carbons (Fsp3) is 0.0769. The third kappa shape index (κ3) is 1.90. The number of thiazole rings is 1. The van der Waals surface area contributed by atoms with Gasteiger partial charge in [0, 0.05) is 17.0 Å². The Morgan fingerprint density at radius 2 is 2.32 bits per heavy atom. The third-order valence-corrected chi connectivity index (χ3v) is 5.16. The number of aromatic amines is 1. The smallest absolute Gasteiger partial charge is 0.353 e. The molecule has 2 N–H and O–H groups in total. The standard InChI is InChI=1S/C13H8N4O3S2/c18-11-7(12-17(11)8(5-22-12)13(19)20)3-6-4-15-9(16-6)10-14-1-2-21-10/h1-5,12H,(H,15,16)(H,19,20)/t12-/m1/s1. The molecule has 2 aliphatic heterocycles. The third-order valence-electron chi connectivity index (χ3n) is 3.29. The molecule has 4 heterocycles. The Hall–Kier alpha value is -2.39. The number of rotatable bonds is 3. The maximum absolute atomic E-state index is 12.1. The zero-order valence-electron chi connectivity index (χ0n) is 10.9. The van der Waals surface area contributed by atoms with Gasteiger partial charge in [-0.05, 0) is 6.08 Å². The number of carbonyl (C=O) groups is 2. The summed E-state index contributed by atoms with van der Waals surface area (Å²) in [5.41, 5.74) is 1.29. The maximum Gasteiger partial charge on any atom is 0.353 e. The van der Waals surface area contributed by atoms with Gasteiger partial charge >= 0.3 is 5.97 Å². The van der Waals surface area contributed by atoms with Gasteiger partial charge in [-0.1, -0.05) is 0 Å². The molecule has 1 saturated heterocycles. The highest BCUT2D eigenvalue weighted by molar-refractivity contribution is 8.03. The molecular formula is C13H8N4O3S2. The summed E-state index contributed by atoms with van der Waals surface area (Å²) in [5.74, 6) is -0.724. The summed E-state index contributed by atoms with van der Waals surface area (Å²) in [6.45, 7) is 0. The molecule has 9 heteroatoms. The second kappa shape index (κ2) is 4.82. The lowest BCUT2D eigenvalue weighted by Crippen LogP contribution is -2.51. The number of carboxylic acids is 1. The molecular weight excluding hydrogens is 324 g/mol. The van der Waals surface area contributed by atoms with Crippen LogP contribution in [0.3, 0.4) is 0 Å². The van der Waals surface area contributed by atoms with Crippen LogP contribution in [-0.2, 0) is 9.59 Å². The molecule has 22 heavy (non-hydrogen) atoms. The van der Waals surface area contributed by atoms with Gasteiger partial charge in [-0.25, -0.2) is 14.8 Å². The Balaban J connectivity index is 1.58. The lowest BCUT2D eigenvalue weighted by Gasteiger charge is -2.37. The van der Waals surface area contributed by atoms with E-state index >= 15 is 0 Å². The van der Waals surface area contributed by atoms with Crippen LogP contribution in [0.4, 0.5) is 0 Å². The molecule has 0 saturated carbocycles. The van der Waals surface area contributed by atoms with Gasteiger partial charge in [-0.2, -0.15) is 0 Å². The Kier molecular flexibility index (Phi) is 2.91. The Bertz CT molecular complexity index is 837. The van der Waals surface area contributed by atoms with Crippen LogP contribution in [-0.4, -0.2) is 42.2 Å². The molecule has 0 spiro atoms. The molecule has 1 amide bonds. The van der Waals surface area contributed by atoms with Crippen molar-refractivity contribution in [1.29, 1.82) is 0 Å². The predicted molar refractivity (Wildman–Crippen MR) is 81.6 cm³/mol. The average molecular weight is 332 g/mol. The van der Waals surface area contributed by atoms with E-state index in [0.29, 0.717) is 17.1 Å². The molecule has 2 aromatic rings. The highest BCUT2D eigenvalue weighted by Crippen LogP contribution is 2.45. The number of aliphatic carboxylic acids is 1. The molecule has 1 fully saturated rings. The number of fused-ring (bicyclic) bond motifs is 1. The molecule has 2 aliphatic rings. The normalized spacial score (nSPS) is 21.7. The summed E-state index contributed by atoms with van der Waals surface area (Å²) < 4.78 is 0. The van der Waals surface area contributed by atoms with Crippen molar-refractivity contribution in [3.63, 3.8) is 0 Å². The number of nitrogens with one attached hydrogen (secondary N) is 1. The minimum atomic E-state index is -1.09. The topological polar surface area (TPSA) is 99.2 Å². The van der Waals surface area contributed by atoms with E-state index in [4.69, 9.17) is 5.11 Å². The number of amides is 1. The number of nitrogens with zero attached hydrogens (tertiary/aromatic N) is 3. The summed E-state index contributed by atoms with van der Waals surface area (Å²) >= 11 is 2.78. The van der Waals surface area contributed by atoms with Crippen molar-refractivity contribution in [2.45, 2.75) is 5.37 Å². The van der Waals surface area contributed by atoms with Gasteiger partial charge in [0.05, 0.1) is 17.5 Å². The number of hydrogen-bond donors (Lipinski definition) is 2. The van der Waals surface area contributed by atoms with E-state index in [-0.39, 0.29) is 17.0 Å². The quantitative estimate of drug-likeness (QED) is 0.656. The number of β-lactam (4-membered cyclic amide) rings is 1. The molecule has 2 aromatic heterocycles. The molecule has 0 aliphatic carbocycles. The second-order valence-electron chi connectivity index (χ2n) is 4.60. The molecule has 0 unspecified atom stereocenters. The first kappa shape index (κ1) is 13.3. The summed E-state index contributed by atoms with van der Waals surface area (Å²) in [4.78, 5) is 35.9. The number of carboxylic acid groups (broad SMARTS) is 1. The average Bonchev–Trinajstić information content (AvgIpc) is 3.22. The van der Waals surface area contributed by atoms with E-state index in [9.17, 15) is 9.59 Å². The van der Waals surface area contributed by atoms with Crippen LogP contribution in [0.15, 0.2) is 34.5 Å². The highest BCUT2D eigenvalue weighted by atomic mass is 32.2. The summed E-state index contributed by atoms with van der Waals surface area (Å²) in [7, 11) is 0. The van der Waals surface area contributed by atoms with E-state index in [0.717, 1.165) is 5.01 Å². The monoisotopic (exact) mass is 332 g/mol. The SMILES string of the molecule is O=C(O)C1=CS[C@@H]2C(=Cc3cnc(-c4nccs4)[nH]3)C(=O)N12. The maximum atomic E-state index is 12.1. The number of thioether (sulfide) groups is 1. The van der Waals surface area contributed by atoms with Gasteiger partial charge in [0.1, 0.15) is 11.1 Å². The Morgan fingerprint density at radius 3 is 3.05 bits per heavy atom. The van der Waals surface area contributed by atoms with Crippen molar-refractivity contribution >= 4 is 41.1 Å². The van der Waals surface area contributed by atoms with Crippen LogP contribution in [0, 0.1) is 0 Å². The van der Waals surface area contributed by atoms with Crippen LogP contribution in [0.1, 0.15) is 5.69 Å². The minimum absolute atomic E-state index is 0.0326. The van der Waals surface area contributed by atoms with E-state index in [1.165, 1.54) is 33.4 Å². The van der Waals surface area contributed by atoms with Crippen molar-refractivity contribution in [3.8, 4) is 10.8 Å². The first-order valence-electron chi connectivity index (χ1n) is 6.24. The molecule has 110 valence electrons. The summed E-state index contributed by atoms with van der Waals surface area (Å²) in [5, 5.41) is 12.9. The van der Waals surface area contributed by atoms with E-state index in [2.05, 4.69) is 15.0 Å². The number of aromatic nitrogens is 3. The van der Waals surface area contributed by atoms with Crippen molar-refractivity contribution in [3.05, 3.63) is 40.1 Å². The van der Waals surface area contributed by atoms with E-state index in [1.54, 1.807) is 18.5 Å². The first-order valence-corrected chi connectivity index (χ1v) is 8.06. The van der Waals surface area contributed by atoms with Crippen LogP contribution in [0.2, 0.25) is 0 Å². The van der Waals surface area contributed by atoms with Crippen molar-refractivity contribution in [2.75, 3.05) is 0 Å². The number of imidazole rings is 1. The van der Waals surface area contributed by atoms with Crippen LogP contribution < -0.4 is 0 Å². The predicted octanol–water partition coefficient (Wildman–Crippen LogP) is 1.76. The zero-order valence-corrected chi connectivity index (χ0v) is 12.5. The summed E-state index contributed by atoms with van der Waals surface area (Å²) in [6.07, 6.45) is 5.03. The zero-order chi connectivity index (χ0) is 15.3. The van der Waals surface area contributed by atoms with Crippen molar-refractivity contribution < 1.29 is 14.7 Å². The Morgan fingerprint density at radius 1 is 1.45 bits per heavy atom. The first-order chi connectivity index (χ1) is 10.6. The lowest BCUT2D eigenvalue weighted by atomic mass is 10.0. The van der Waals surface area contributed by atoms with Crippen LogP contribution >= 0.6 is 23.1 Å². The number of hydrogen-bond acceptors (Lipinski definition) is 6. The minimum Gasteiger partial charge on any atom is -0.477 e. The molecule has 0 radical (unpaired) electrons. The van der Waals surface area contributed by atoms with Gasteiger partial charge in [0.15, 0.2) is 10.8 Å². The van der Waals surface area contributed by atoms with E-state index < -0.39 is 5.97 Å². The summed E-state index contributed by atoms with van der Waals surface area (Å²) in [6, 6.07) is 0. The van der Waals surface area contributed by atoms with Crippen LogP contribution in [0.5, 0.6) is 0 Å². The lowest BCUT2D eigenvalue weighted by molar-refractivity contribution is -0.141. The van der Waals surface area contributed by atoms with Crippen LogP contribution in [0.25, 0.3) is 16.9 Å².